The van der Waals surface area contributed by atoms with E-state index in [4.69, 9.17) is 4.42 Å². The van der Waals surface area contributed by atoms with Gasteiger partial charge in [-0.2, -0.15) is 0 Å². The van der Waals surface area contributed by atoms with Crippen LogP contribution in [0.1, 0.15) is 22.9 Å². The molecule has 1 fully saturated rings. The molecule has 1 unspecified atom stereocenters. The largest absolute Gasteiger partial charge is 0.464 e. The van der Waals surface area contributed by atoms with Crippen LogP contribution in [0.25, 0.3) is 11.3 Å². The number of fused-ring (bicyclic) bond motifs is 4. The number of hydrogen-bond acceptors (Lipinski definition) is 3. The average molecular weight is 353 g/mol. The number of furan rings is 1. The Morgan fingerprint density at radius 1 is 1.20 bits per heavy atom. The van der Waals surface area contributed by atoms with Crippen molar-refractivity contribution in [3.05, 3.63) is 69.0 Å². The quantitative estimate of drug-likeness (QED) is 0.785. The Labute approximate surface area is 150 Å². The zero-order chi connectivity index (χ0) is 16.8. The van der Waals surface area contributed by atoms with Crippen molar-refractivity contribution >= 4 is 11.3 Å². The molecule has 0 saturated carbocycles. The maximum absolute atomic E-state index is 13.0. The molecule has 0 radical (unpaired) electrons. The lowest BCUT2D eigenvalue weighted by Crippen LogP contribution is -3.13. The summed E-state index contributed by atoms with van der Waals surface area (Å²) >= 11 is 1.85. The van der Waals surface area contributed by atoms with Crippen LogP contribution >= 0.6 is 11.3 Å². The van der Waals surface area contributed by atoms with Crippen LogP contribution in [-0.2, 0) is 13.1 Å². The van der Waals surface area contributed by atoms with Gasteiger partial charge in [0.1, 0.15) is 12.3 Å². The van der Waals surface area contributed by atoms with Crippen LogP contribution in [0.3, 0.4) is 0 Å². The van der Waals surface area contributed by atoms with Crippen LogP contribution < -0.4 is 10.5 Å². The van der Waals surface area contributed by atoms with Gasteiger partial charge in [-0.15, -0.1) is 11.3 Å². The summed E-state index contributed by atoms with van der Waals surface area (Å²) in [5.41, 5.74) is 1.99. The van der Waals surface area contributed by atoms with Gasteiger partial charge in [-0.3, -0.25) is 4.79 Å². The number of likely N-dealkylation sites (tertiary alicyclic amines) is 1. The number of nitrogens with one attached hydrogen (secondary N) is 1. The van der Waals surface area contributed by atoms with E-state index >= 15 is 0 Å². The Balaban J connectivity index is 1.46. The van der Waals surface area contributed by atoms with Crippen LogP contribution in [0.15, 0.2) is 57.3 Å². The molecule has 3 atom stereocenters. The Morgan fingerprint density at radius 2 is 2.16 bits per heavy atom. The molecule has 0 spiro atoms. The third-order valence-electron chi connectivity index (χ3n) is 5.59. The van der Waals surface area contributed by atoms with E-state index in [1.807, 2.05) is 34.1 Å². The number of thiophene rings is 1. The number of piperidine rings is 1. The number of rotatable bonds is 3. The number of quaternary nitrogens is 1. The Bertz CT molecular complexity index is 927. The summed E-state index contributed by atoms with van der Waals surface area (Å²) in [5.74, 6) is 1.74. The van der Waals surface area contributed by atoms with Crippen molar-refractivity contribution in [2.75, 3.05) is 13.1 Å². The second-order valence-corrected chi connectivity index (χ2v) is 8.31. The van der Waals surface area contributed by atoms with Gasteiger partial charge in [0, 0.05) is 24.1 Å². The van der Waals surface area contributed by atoms with Gasteiger partial charge in [-0.05, 0) is 42.1 Å². The van der Waals surface area contributed by atoms with Crippen LogP contribution in [0.5, 0.6) is 0 Å². The van der Waals surface area contributed by atoms with Gasteiger partial charge in [0.2, 0.25) is 0 Å². The monoisotopic (exact) mass is 353 g/mol. The molecule has 2 bridgehead atoms. The second-order valence-electron chi connectivity index (χ2n) is 7.28. The topological polar surface area (TPSA) is 39.6 Å². The predicted octanol–water partition coefficient (Wildman–Crippen LogP) is 2.37. The Hall–Kier alpha value is -2.11. The maximum atomic E-state index is 13.0. The first-order chi connectivity index (χ1) is 12.3. The molecule has 2 aliphatic rings. The molecular weight excluding hydrogens is 332 g/mol. The van der Waals surface area contributed by atoms with Gasteiger partial charge in [0.15, 0.2) is 0 Å². The minimum atomic E-state index is 0.101. The molecule has 1 N–H and O–H groups in total. The van der Waals surface area contributed by atoms with Crippen molar-refractivity contribution < 1.29 is 9.32 Å². The zero-order valence-electron chi connectivity index (χ0n) is 14.0. The van der Waals surface area contributed by atoms with Gasteiger partial charge in [-0.1, -0.05) is 6.07 Å². The molecule has 2 aliphatic heterocycles. The highest BCUT2D eigenvalue weighted by Gasteiger charge is 2.37. The van der Waals surface area contributed by atoms with E-state index in [9.17, 15) is 4.79 Å². The number of hydrogen-bond donors (Lipinski definition) is 1. The fourth-order valence-electron chi connectivity index (χ4n) is 4.59. The molecule has 5 heteroatoms. The van der Waals surface area contributed by atoms with Crippen LogP contribution in [0.4, 0.5) is 0 Å². The first-order valence-corrected chi connectivity index (χ1v) is 9.79. The van der Waals surface area contributed by atoms with Gasteiger partial charge < -0.3 is 13.9 Å². The van der Waals surface area contributed by atoms with Crippen molar-refractivity contribution in [3.8, 4) is 11.3 Å². The lowest BCUT2D eigenvalue weighted by Gasteiger charge is -2.40. The maximum Gasteiger partial charge on any atom is 0.261 e. The zero-order valence-corrected chi connectivity index (χ0v) is 14.8. The smallest absolute Gasteiger partial charge is 0.261 e. The van der Waals surface area contributed by atoms with E-state index in [0.717, 1.165) is 26.2 Å². The average Bonchev–Trinajstić information content (AvgIpc) is 3.29. The predicted molar refractivity (Wildman–Crippen MR) is 98.0 cm³/mol. The van der Waals surface area contributed by atoms with Crippen molar-refractivity contribution in [1.29, 1.82) is 0 Å². The molecule has 5 heterocycles. The Morgan fingerprint density at radius 3 is 2.96 bits per heavy atom. The van der Waals surface area contributed by atoms with E-state index in [-0.39, 0.29) is 5.56 Å². The lowest BCUT2D eigenvalue weighted by atomic mass is 9.83. The van der Waals surface area contributed by atoms with E-state index in [1.54, 1.807) is 11.2 Å². The van der Waals surface area contributed by atoms with Gasteiger partial charge in [-0.25, -0.2) is 0 Å². The molecular formula is C20H21N2O2S+. The minimum Gasteiger partial charge on any atom is -0.464 e. The van der Waals surface area contributed by atoms with Crippen molar-refractivity contribution in [2.45, 2.75) is 25.4 Å². The standard InChI is InChI=1S/C20H20N2O2S/c23-20-17(19-4-1-7-24-19)5-6-18-15-9-14(11-22(18)20)10-21(12-15)13-16-3-2-8-25-16/h1-8,14-15H,9-13H2/p+1/t14-,15+/m0/s1. The number of pyridine rings is 1. The highest BCUT2D eigenvalue weighted by molar-refractivity contribution is 7.09. The molecule has 3 aromatic heterocycles. The number of aromatic nitrogens is 1. The summed E-state index contributed by atoms with van der Waals surface area (Å²) in [6, 6.07) is 12.2. The summed E-state index contributed by atoms with van der Waals surface area (Å²) in [7, 11) is 0. The molecule has 0 aromatic carbocycles. The minimum absolute atomic E-state index is 0.101. The third kappa shape index (κ3) is 2.68. The first kappa shape index (κ1) is 15.2. The van der Waals surface area contributed by atoms with E-state index in [2.05, 4.69) is 23.6 Å². The normalized spacial score (nSPS) is 24.9. The third-order valence-corrected chi connectivity index (χ3v) is 6.46. The summed E-state index contributed by atoms with van der Waals surface area (Å²) in [5, 5.41) is 2.16. The lowest BCUT2D eigenvalue weighted by molar-refractivity contribution is -0.924. The second kappa shape index (κ2) is 6.00. The van der Waals surface area contributed by atoms with Crippen molar-refractivity contribution in [3.63, 3.8) is 0 Å². The molecule has 3 aromatic rings. The van der Waals surface area contributed by atoms with Gasteiger partial charge in [0.25, 0.3) is 5.56 Å². The molecule has 0 aliphatic carbocycles. The van der Waals surface area contributed by atoms with Gasteiger partial charge >= 0.3 is 0 Å². The highest BCUT2D eigenvalue weighted by Crippen LogP contribution is 2.31. The summed E-state index contributed by atoms with van der Waals surface area (Å²) < 4.78 is 7.46. The molecule has 128 valence electrons. The van der Waals surface area contributed by atoms with E-state index in [1.165, 1.54) is 17.0 Å². The number of nitrogens with zero attached hydrogens (tertiary/aromatic N) is 1. The van der Waals surface area contributed by atoms with Crippen LogP contribution in [0, 0.1) is 5.92 Å². The Kier molecular flexibility index (Phi) is 3.64. The van der Waals surface area contributed by atoms with Crippen molar-refractivity contribution in [1.82, 2.24) is 4.57 Å². The summed E-state index contributed by atoms with van der Waals surface area (Å²) in [4.78, 5) is 16.1. The van der Waals surface area contributed by atoms with Crippen LogP contribution in [-0.4, -0.2) is 17.7 Å². The van der Waals surface area contributed by atoms with Crippen LogP contribution in [0.2, 0.25) is 0 Å². The van der Waals surface area contributed by atoms with E-state index in [0.29, 0.717) is 23.2 Å². The van der Waals surface area contributed by atoms with E-state index < -0.39 is 0 Å². The fraction of sp³-hybridized carbons (Fsp3) is 0.350. The summed E-state index contributed by atoms with van der Waals surface area (Å²) in [6.07, 6.45) is 2.84. The summed E-state index contributed by atoms with van der Waals surface area (Å²) in [6.45, 7) is 4.23. The molecule has 4 nitrogen and oxygen atoms in total. The molecule has 25 heavy (non-hydrogen) atoms. The fourth-order valence-corrected chi connectivity index (χ4v) is 5.37. The SMILES string of the molecule is O=c1c(-c2ccco2)ccc2n1C[C@H]1C[C@@H]2C[NH+](Cc2cccs2)C1. The first-order valence-electron chi connectivity index (χ1n) is 8.91. The molecule has 5 rings (SSSR count). The van der Waals surface area contributed by atoms with Crippen molar-refractivity contribution in [2.24, 2.45) is 5.92 Å². The highest BCUT2D eigenvalue weighted by atomic mass is 32.1. The molecule has 1 saturated heterocycles. The van der Waals surface area contributed by atoms with Gasteiger partial charge in [0.05, 0.1) is 29.8 Å². The molecule has 0 amide bonds.